The monoisotopic (exact) mass is 534 g/mol. The number of anilines is 1. The van der Waals surface area contributed by atoms with E-state index in [1.54, 1.807) is 0 Å². The van der Waals surface area contributed by atoms with Crippen LogP contribution in [-0.4, -0.2) is 47.2 Å². The molecule has 0 unspecified atom stereocenters. The first-order valence-electron chi connectivity index (χ1n) is 7.86. The van der Waals surface area contributed by atoms with Crippen LogP contribution in [0.5, 0.6) is 0 Å². The first-order chi connectivity index (χ1) is 13.8. The quantitative estimate of drug-likeness (QED) is 0.0990. The molecule has 0 saturated heterocycles. The molecule has 0 amide bonds. The summed E-state index contributed by atoms with van der Waals surface area (Å²) in [5.74, 6) is 0. The minimum atomic E-state index is -4.50. The van der Waals surface area contributed by atoms with Gasteiger partial charge in [-0.3, -0.25) is 0 Å². The van der Waals surface area contributed by atoms with Crippen LogP contribution in [-0.2, 0) is 42.3 Å². The van der Waals surface area contributed by atoms with Gasteiger partial charge in [-0.25, -0.2) is 0 Å². The zero-order valence-electron chi connectivity index (χ0n) is 15.5. The van der Waals surface area contributed by atoms with E-state index in [9.17, 15) is 26.3 Å². The molecule has 0 heterocycles. The van der Waals surface area contributed by atoms with Crippen molar-refractivity contribution in [3.8, 4) is 0 Å². The van der Waals surface area contributed by atoms with Crippen LogP contribution in [0.15, 0.2) is 44.7 Å². The molecule has 0 aromatic heterocycles. The summed E-state index contributed by atoms with van der Waals surface area (Å²) in [7, 11) is 0. The topological polar surface area (TPSA) is 99.5 Å². The zero-order chi connectivity index (χ0) is 22.9. The Morgan fingerprint density at radius 3 is 1.68 bits per heavy atom. The molecule has 175 valence electrons. The number of nitrogen functional groups attached to an aromatic ring is 1. The van der Waals surface area contributed by atoms with E-state index in [1.165, 1.54) is 31.2 Å². The molecule has 16 heteroatoms. The van der Waals surface area contributed by atoms with Gasteiger partial charge >= 0.3 is 29.4 Å². The molecule has 0 aliphatic carbocycles. The Bertz CT molecular complexity index is 836. The number of hydrogen-bond acceptors (Lipinski definition) is 7. The summed E-state index contributed by atoms with van der Waals surface area (Å²) in [5.41, 5.74) is 6.52. The van der Waals surface area contributed by atoms with Crippen molar-refractivity contribution in [2.24, 2.45) is 20.4 Å². The van der Waals surface area contributed by atoms with Gasteiger partial charge in [0.05, 0.1) is 5.71 Å². The molecule has 1 radical (unpaired) electrons. The van der Waals surface area contributed by atoms with Crippen LogP contribution in [0.3, 0.4) is 0 Å². The number of rotatable bonds is 6. The van der Waals surface area contributed by atoms with E-state index in [0.29, 0.717) is 11.3 Å². The number of nitrogens with one attached hydrogen (secondary N) is 2. The molecule has 4 N–H and O–H groups in total. The molecular weight excluding hydrogens is 520 g/mol. The Balaban J connectivity index is 0.00000900. The van der Waals surface area contributed by atoms with Crippen LogP contribution in [0, 0.1) is 0 Å². The van der Waals surface area contributed by atoms with Gasteiger partial charge in [-0.2, -0.15) is 41.6 Å². The van der Waals surface area contributed by atoms with E-state index in [0.717, 1.165) is 0 Å². The third-order valence-corrected chi connectivity index (χ3v) is 3.39. The maximum atomic E-state index is 12.2. The Labute approximate surface area is 195 Å². The number of benzene rings is 1. The molecule has 1 aromatic rings. The number of hydrogen-bond donors (Lipinski definition) is 3. The van der Waals surface area contributed by atoms with E-state index in [2.05, 4.69) is 45.7 Å². The Morgan fingerprint density at radius 1 is 0.839 bits per heavy atom. The van der Waals surface area contributed by atoms with Crippen molar-refractivity contribution in [1.82, 2.24) is 10.6 Å². The first kappa shape index (κ1) is 28.8. The second-order valence-corrected chi connectivity index (χ2v) is 6.28. The zero-order valence-corrected chi connectivity index (χ0v) is 18.1. The van der Waals surface area contributed by atoms with E-state index in [1.807, 2.05) is 10.6 Å². The van der Waals surface area contributed by atoms with Gasteiger partial charge in [-0.1, -0.05) is 12.1 Å². The average molecular weight is 535 g/mol. The van der Waals surface area contributed by atoms with Crippen molar-refractivity contribution in [3.05, 3.63) is 29.8 Å². The Morgan fingerprint density at radius 2 is 1.26 bits per heavy atom. The van der Waals surface area contributed by atoms with Crippen LogP contribution in [0.4, 0.5) is 32.0 Å². The SMILES string of the molecule is CC(=N\N=C(/[S-])NCC(F)(F)F)/C(=N/N=C(\[S-])NCC(F)(F)F)c1ccc(N)cc1.[Cu+2]. The fraction of sp³-hybridized carbons (Fsp3) is 0.333. The van der Waals surface area contributed by atoms with Crippen LogP contribution in [0.1, 0.15) is 12.5 Å². The van der Waals surface area contributed by atoms with Crippen molar-refractivity contribution in [3.63, 3.8) is 0 Å². The molecule has 0 atom stereocenters. The van der Waals surface area contributed by atoms with Gasteiger partial charge in [0, 0.05) is 11.3 Å². The molecule has 1 rings (SSSR count). The van der Waals surface area contributed by atoms with Gasteiger partial charge in [-0.15, -0.1) is 5.10 Å². The Hall–Kier alpha value is -2.16. The predicted octanol–water partition coefficient (Wildman–Crippen LogP) is 2.46. The van der Waals surface area contributed by atoms with Gasteiger partial charge in [0.2, 0.25) is 0 Å². The molecule has 31 heavy (non-hydrogen) atoms. The van der Waals surface area contributed by atoms with Gasteiger partial charge in [-0.05, 0) is 29.4 Å². The van der Waals surface area contributed by atoms with E-state index in [-0.39, 0.29) is 28.5 Å². The Kier molecular flexibility index (Phi) is 11.8. The summed E-state index contributed by atoms with van der Waals surface area (Å²) >= 11 is 9.30. The molecule has 1 aromatic carbocycles. The number of alkyl halides is 6. The minimum Gasteiger partial charge on any atom is -0.741 e. The molecule has 0 spiro atoms. The van der Waals surface area contributed by atoms with Crippen LogP contribution in [0.25, 0.3) is 0 Å². The summed E-state index contributed by atoms with van der Waals surface area (Å²) in [5, 5.41) is 17.1. The summed E-state index contributed by atoms with van der Waals surface area (Å²) in [6, 6.07) is 6.08. The number of halogens is 6. The van der Waals surface area contributed by atoms with Crippen molar-refractivity contribution in [2.45, 2.75) is 19.3 Å². The predicted molar refractivity (Wildman–Crippen MR) is 108 cm³/mol. The largest absolute Gasteiger partial charge is 2.00 e. The number of nitrogens with two attached hydrogens (primary N) is 1. The van der Waals surface area contributed by atoms with Crippen molar-refractivity contribution in [2.75, 3.05) is 18.8 Å². The van der Waals surface area contributed by atoms with E-state index < -0.39 is 35.8 Å². The molecule has 0 fully saturated rings. The fourth-order valence-electron chi connectivity index (χ4n) is 1.67. The molecule has 7 nitrogen and oxygen atoms in total. The number of nitrogens with zero attached hydrogens (tertiary/aromatic N) is 4. The van der Waals surface area contributed by atoms with Crippen LogP contribution in [0.2, 0.25) is 0 Å². The van der Waals surface area contributed by atoms with E-state index in [4.69, 9.17) is 5.73 Å². The first-order valence-corrected chi connectivity index (χ1v) is 8.68. The average Bonchev–Trinajstić information content (AvgIpc) is 2.63. The van der Waals surface area contributed by atoms with Crippen molar-refractivity contribution >= 4 is 52.7 Å². The summed E-state index contributed by atoms with van der Waals surface area (Å²) in [6.45, 7) is -1.40. The van der Waals surface area contributed by atoms with Gasteiger partial charge in [0.25, 0.3) is 0 Å². The molecule has 0 aliphatic heterocycles. The van der Waals surface area contributed by atoms with Crippen molar-refractivity contribution in [1.29, 1.82) is 0 Å². The summed E-state index contributed by atoms with van der Waals surface area (Å²) < 4.78 is 73.2. The van der Waals surface area contributed by atoms with Crippen molar-refractivity contribution < 1.29 is 43.4 Å². The number of amidine groups is 2. The molecule has 0 bridgehead atoms. The third kappa shape index (κ3) is 13.0. The minimum absolute atomic E-state index is 0. The maximum Gasteiger partial charge on any atom is 2.00 e. The summed E-state index contributed by atoms with van der Waals surface area (Å²) in [4.78, 5) is 0. The van der Waals surface area contributed by atoms with Crippen LogP contribution >= 0.6 is 0 Å². The second-order valence-electron chi connectivity index (χ2n) is 5.50. The molecular formula is C15H15CuF6N7S2. The van der Waals surface area contributed by atoms with E-state index >= 15 is 0 Å². The second kappa shape index (κ2) is 12.6. The maximum absolute atomic E-state index is 12.2. The molecule has 0 saturated carbocycles. The standard InChI is InChI=1S/C15H17F6N7S2.Cu/c1-8(25-27-12(29)23-6-14(16,17)18)11(9-2-4-10(22)5-3-9)26-28-13(30)24-7-15(19,20)21;/h2-5H,6-7,22H2,1H3,(H2,23,27,29)(H2,24,28,30);/q;+2/p-2/b25-8+,26-11-;. The van der Waals surface area contributed by atoms with Crippen LogP contribution < -0.4 is 16.4 Å². The third-order valence-electron chi connectivity index (χ3n) is 2.94. The van der Waals surface area contributed by atoms with Gasteiger partial charge in [0.15, 0.2) is 0 Å². The fourth-order valence-corrected chi connectivity index (χ4v) is 1.89. The van der Waals surface area contributed by atoms with Gasteiger partial charge in [0.1, 0.15) is 18.8 Å². The summed E-state index contributed by atoms with van der Waals surface area (Å²) in [6.07, 6.45) is -8.99. The molecule has 0 aliphatic rings. The normalized spacial score (nSPS) is 14.2. The van der Waals surface area contributed by atoms with Gasteiger partial charge < -0.3 is 41.6 Å². The smallest absolute Gasteiger partial charge is 0.741 e.